The number of nitrogens with one attached hydrogen (secondary N) is 1. The van der Waals surface area contributed by atoms with E-state index in [4.69, 9.17) is 0 Å². The molecular weight excluding hydrogens is 256 g/mol. The molecule has 1 N–H and O–H groups in total. The summed E-state index contributed by atoms with van der Waals surface area (Å²) in [6.45, 7) is 8.19. The van der Waals surface area contributed by atoms with Gasteiger partial charge in [-0.25, -0.2) is 0 Å². The van der Waals surface area contributed by atoms with Gasteiger partial charge in [-0.05, 0) is 73.3 Å². The van der Waals surface area contributed by atoms with Gasteiger partial charge in [0, 0.05) is 24.5 Å². The fourth-order valence-electron chi connectivity index (χ4n) is 6.65. The molecule has 4 fully saturated rings. The van der Waals surface area contributed by atoms with Gasteiger partial charge < -0.3 is 5.32 Å². The van der Waals surface area contributed by atoms with Crippen molar-refractivity contribution >= 4 is 0 Å². The molecular formula is C19H28N2. The van der Waals surface area contributed by atoms with Crippen LogP contribution in [0.4, 0.5) is 0 Å². The standard InChI is InChI=1S/C19H28N2/c1-14-4-15(9-20-8-14)10-21-19-7-16-5-17(2,12-19)11-18(3,6-16)13-19/h4,8-9,16,21H,5-7,10-13H2,1-3H3. The second-order valence-corrected chi connectivity index (χ2v) is 9.13. The molecule has 1 heterocycles. The Morgan fingerprint density at radius 2 is 1.81 bits per heavy atom. The lowest BCUT2D eigenvalue weighted by Gasteiger charge is -2.65. The van der Waals surface area contributed by atoms with Crippen LogP contribution in [0.3, 0.4) is 0 Å². The van der Waals surface area contributed by atoms with E-state index in [0.717, 1.165) is 12.5 Å². The summed E-state index contributed by atoms with van der Waals surface area (Å²) in [4.78, 5) is 4.34. The Kier molecular flexibility index (Phi) is 2.83. The van der Waals surface area contributed by atoms with E-state index in [0.29, 0.717) is 16.4 Å². The van der Waals surface area contributed by atoms with Gasteiger partial charge in [0.1, 0.15) is 0 Å². The van der Waals surface area contributed by atoms with Crippen molar-refractivity contribution in [2.45, 2.75) is 71.4 Å². The third kappa shape index (κ3) is 2.42. The summed E-state index contributed by atoms with van der Waals surface area (Å²) < 4.78 is 0. The molecule has 2 heteroatoms. The Balaban J connectivity index is 1.54. The highest BCUT2D eigenvalue weighted by Gasteiger charge is 2.59. The molecule has 4 aliphatic rings. The monoisotopic (exact) mass is 284 g/mol. The lowest BCUT2D eigenvalue weighted by molar-refractivity contribution is -0.118. The number of hydrogen-bond acceptors (Lipinski definition) is 2. The van der Waals surface area contributed by atoms with Crippen LogP contribution in [0.15, 0.2) is 18.5 Å². The number of aryl methyl sites for hydroxylation is 1. The zero-order chi connectivity index (χ0) is 14.7. The van der Waals surface area contributed by atoms with Gasteiger partial charge in [0.05, 0.1) is 0 Å². The van der Waals surface area contributed by atoms with Gasteiger partial charge >= 0.3 is 0 Å². The van der Waals surface area contributed by atoms with Gasteiger partial charge in [-0.1, -0.05) is 19.9 Å². The van der Waals surface area contributed by atoms with Crippen LogP contribution < -0.4 is 5.32 Å². The van der Waals surface area contributed by atoms with Crippen LogP contribution in [0.5, 0.6) is 0 Å². The van der Waals surface area contributed by atoms with E-state index in [1.165, 1.54) is 49.7 Å². The van der Waals surface area contributed by atoms with E-state index < -0.39 is 0 Å². The highest BCUT2D eigenvalue weighted by Crippen LogP contribution is 2.66. The maximum Gasteiger partial charge on any atom is 0.0313 e. The third-order valence-corrected chi connectivity index (χ3v) is 6.23. The zero-order valence-corrected chi connectivity index (χ0v) is 13.7. The van der Waals surface area contributed by atoms with Crippen LogP contribution in [0.25, 0.3) is 0 Å². The van der Waals surface area contributed by atoms with Crippen molar-refractivity contribution in [1.82, 2.24) is 10.3 Å². The number of aromatic nitrogens is 1. The molecule has 0 spiro atoms. The van der Waals surface area contributed by atoms with Gasteiger partial charge in [-0.15, -0.1) is 0 Å². The van der Waals surface area contributed by atoms with Crippen molar-refractivity contribution < 1.29 is 0 Å². The molecule has 0 radical (unpaired) electrons. The van der Waals surface area contributed by atoms with Crippen molar-refractivity contribution in [2.24, 2.45) is 16.7 Å². The van der Waals surface area contributed by atoms with E-state index in [1.807, 2.05) is 12.4 Å². The lowest BCUT2D eigenvalue weighted by atomic mass is 9.43. The zero-order valence-electron chi connectivity index (χ0n) is 13.7. The normalized spacial score (nSPS) is 44.2. The van der Waals surface area contributed by atoms with Gasteiger partial charge in [-0.3, -0.25) is 4.98 Å². The number of pyridine rings is 1. The van der Waals surface area contributed by atoms with Crippen molar-refractivity contribution in [3.05, 3.63) is 29.6 Å². The molecule has 0 saturated heterocycles. The average Bonchev–Trinajstić information content (AvgIpc) is 2.32. The number of rotatable bonds is 3. The predicted molar refractivity (Wildman–Crippen MR) is 86.0 cm³/mol. The fourth-order valence-corrected chi connectivity index (χ4v) is 6.65. The summed E-state index contributed by atoms with van der Waals surface area (Å²) in [6.07, 6.45) is 12.5. The molecule has 2 atom stereocenters. The van der Waals surface area contributed by atoms with Crippen LogP contribution in [-0.2, 0) is 6.54 Å². The molecule has 1 aromatic rings. The molecule has 4 aliphatic carbocycles. The summed E-state index contributed by atoms with van der Waals surface area (Å²) >= 11 is 0. The molecule has 114 valence electrons. The first-order valence-electron chi connectivity index (χ1n) is 8.53. The molecule has 2 unspecified atom stereocenters. The summed E-state index contributed by atoms with van der Waals surface area (Å²) in [5, 5.41) is 3.98. The minimum absolute atomic E-state index is 0.395. The minimum atomic E-state index is 0.395. The Morgan fingerprint density at radius 3 is 2.43 bits per heavy atom. The summed E-state index contributed by atoms with van der Waals surface area (Å²) in [7, 11) is 0. The molecule has 4 saturated carbocycles. The topological polar surface area (TPSA) is 24.9 Å². The maximum atomic E-state index is 4.34. The smallest absolute Gasteiger partial charge is 0.0313 e. The molecule has 0 aliphatic heterocycles. The van der Waals surface area contributed by atoms with E-state index in [-0.39, 0.29) is 0 Å². The SMILES string of the molecule is Cc1cncc(CNC23CC4CC(C)(CC(C)(C4)C2)C3)c1. The highest BCUT2D eigenvalue weighted by molar-refractivity contribution is 5.19. The van der Waals surface area contributed by atoms with Crippen molar-refractivity contribution in [3.8, 4) is 0 Å². The maximum absolute atomic E-state index is 4.34. The minimum Gasteiger partial charge on any atom is -0.307 e. The Bertz CT molecular complexity index is 546. The van der Waals surface area contributed by atoms with Crippen LogP contribution >= 0.6 is 0 Å². The Morgan fingerprint density at radius 1 is 1.10 bits per heavy atom. The van der Waals surface area contributed by atoms with E-state index >= 15 is 0 Å². The first kappa shape index (κ1) is 13.8. The largest absolute Gasteiger partial charge is 0.307 e. The Hall–Kier alpha value is -0.890. The van der Waals surface area contributed by atoms with Crippen LogP contribution in [0, 0.1) is 23.7 Å². The lowest BCUT2D eigenvalue weighted by Crippen LogP contribution is -2.63. The average molecular weight is 284 g/mol. The molecule has 1 aromatic heterocycles. The summed E-state index contributed by atoms with van der Waals surface area (Å²) in [5.74, 6) is 0.958. The fraction of sp³-hybridized carbons (Fsp3) is 0.737. The predicted octanol–water partition coefficient (Wildman–Crippen LogP) is 4.23. The second kappa shape index (κ2) is 4.32. The Labute approximate surface area is 128 Å². The second-order valence-electron chi connectivity index (χ2n) is 9.13. The van der Waals surface area contributed by atoms with Crippen molar-refractivity contribution in [1.29, 1.82) is 0 Å². The summed E-state index contributed by atoms with van der Waals surface area (Å²) in [5.41, 5.74) is 4.17. The van der Waals surface area contributed by atoms with Crippen LogP contribution in [-0.4, -0.2) is 10.5 Å². The van der Waals surface area contributed by atoms with Gasteiger partial charge in [-0.2, -0.15) is 0 Å². The molecule has 0 amide bonds. The third-order valence-electron chi connectivity index (χ3n) is 6.23. The van der Waals surface area contributed by atoms with Gasteiger partial charge in [0.25, 0.3) is 0 Å². The molecule has 21 heavy (non-hydrogen) atoms. The number of hydrogen-bond donors (Lipinski definition) is 1. The van der Waals surface area contributed by atoms with E-state index in [1.54, 1.807) is 0 Å². The van der Waals surface area contributed by atoms with Crippen LogP contribution in [0.2, 0.25) is 0 Å². The number of nitrogens with zero attached hydrogens (tertiary/aromatic N) is 1. The highest BCUT2D eigenvalue weighted by atomic mass is 15.0. The molecule has 0 aromatic carbocycles. The summed E-state index contributed by atoms with van der Waals surface area (Å²) in [6, 6.07) is 2.27. The van der Waals surface area contributed by atoms with Crippen LogP contribution in [0.1, 0.15) is 63.5 Å². The van der Waals surface area contributed by atoms with E-state index in [2.05, 4.69) is 37.1 Å². The molecule has 4 bridgehead atoms. The first-order chi connectivity index (χ1) is 9.88. The van der Waals surface area contributed by atoms with Crippen molar-refractivity contribution in [2.75, 3.05) is 0 Å². The first-order valence-corrected chi connectivity index (χ1v) is 8.53. The van der Waals surface area contributed by atoms with Crippen molar-refractivity contribution in [3.63, 3.8) is 0 Å². The quantitative estimate of drug-likeness (QED) is 0.898. The van der Waals surface area contributed by atoms with Gasteiger partial charge in [0.15, 0.2) is 0 Å². The molecule has 5 rings (SSSR count). The van der Waals surface area contributed by atoms with E-state index in [9.17, 15) is 0 Å². The molecule has 2 nitrogen and oxygen atoms in total. The van der Waals surface area contributed by atoms with Gasteiger partial charge in [0.2, 0.25) is 0 Å².